The van der Waals surface area contributed by atoms with Crippen LogP contribution in [-0.2, 0) is 0 Å². The van der Waals surface area contributed by atoms with Gasteiger partial charge in [-0.15, -0.1) is 0 Å². The number of hydrogen-bond donors (Lipinski definition) is 0. The molecule has 16 heavy (non-hydrogen) atoms. The molecular formula is C12H8BrN3. The molecule has 0 spiro atoms. The molecule has 0 aromatic carbocycles. The number of halogens is 1. The quantitative estimate of drug-likeness (QED) is 0.682. The summed E-state index contributed by atoms with van der Waals surface area (Å²) in [5, 5.41) is 0. The van der Waals surface area contributed by atoms with Crippen LogP contribution in [0.5, 0.6) is 0 Å². The molecule has 0 aliphatic rings. The third-order valence-corrected chi connectivity index (χ3v) is 3.08. The molecule has 0 saturated carbocycles. The number of imidazole rings is 1. The summed E-state index contributed by atoms with van der Waals surface area (Å²) in [6.45, 7) is 0. The van der Waals surface area contributed by atoms with E-state index in [1.165, 1.54) is 0 Å². The Morgan fingerprint density at radius 3 is 2.81 bits per heavy atom. The molecule has 78 valence electrons. The van der Waals surface area contributed by atoms with Crippen molar-refractivity contribution >= 4 is 21.4 Å². The van der Waals surface area contributed by atoms with Crippen molar-refractivity contribution in [2.45, 2.75) is 0 Å². The number of nitrogens with zero attached hydrogens (tertiary/aromatic N) is 3. The zero-order valence-electron chi connectivity index (χ0n) is 8.34. The van der Waals surface area contributed by atoms with Gasteiger partial charge in [0, 0.05) is 16.9 Å². The van der Waals surface area contributed by atoms with E-state index >= 15 is 0 Å². The van der Waals surface area contributed by atoms with Gasteiger partial charge < -0.3 is 0 Å². The lowest BCUT2D eigenvalue weighted by Crippen LogP contribution is -1.90. The van der Waals surface area contributed by atoms with Crippen molar-refractivity contribution in [2.75, 3.05) is 0 Å². The van der Waals surface area contributed by atoms with E-state index in [2.05, 4.69) is 25.9 Å². The van der Waals surface area contributed by atoms with Gasteiger partial charge in [-0.2, -0.15) is 0 Å². The van der Waals surface area contributed by atoms with Gasteiger partial charge in [-0.05, 0) is 40.2 Å². The molecule has 0 N–H and O–H groups in total. The lowest BCUT2D eigenvalue weighted by Gasteiger charge is -2.00. The van der Waals surface area contributed by atoms with E-state index < -0.39 is 0 Å². The maximum Gasteiger partial charge on any atom is 0.163 e. The summed E-state index contributed by atoms with van der Waals surface area (Å²) >= 11 is 3.50. The van der Waals surface area contributed by atoms with Gasteiger partial charge >= 0.3 is 0 Å². The van der Waals surface area contributed by atoms with Gasteiger partial charge in [0.05, 0.1) is 11.7 Å². The van der Waals surface area contributed by atoms with Crippen molar-refractivity contribution in [1.29, 1.82) is 0 Å². The van der Waals surface area contributed by atoms with Gasteiger partial charge in [-0.25, -0.2) is 4.98 Å². The van der Waals surface area contributed by atoms with Crippen LogP contribution in [-0.4, -0.2) is 14.4 Å². The molecule has 3 rings (SSSR count). The van der Waals surface area contributed by atoms with E-state index in [1.807, 2.05) is 47.1 Å². The van der Waals surface area contributed by atoms with Crippen molar-refractivity contribution < 1.29 is 0 Å². The van der Waals surface area contributed by atoms with Crippen LogP contribution in [0, 0.1) is 0 Å². The summed E-state index contributed by atoms with van der Waals surface area (Å²) in [4.78, 5) is 8.70. The van der Waals surface area contributed by atoms with Crippen LogP contribution in [0.4, 0.5) is 0 Å². The molecule has 3 nitrogen and oxygen atoms in total. The summed E-state index contributed by atoms with van der Waals surface area (Å²) < 4.78 is 3.05. The Bertz CT molecular complexity index is 631. The minimum atomic E-state index is 0.858. The molecule has 0 aliphatic heterocycles. The smallest absolute Gasteiger partial charge is 0.163 e. The lowest BCUT2D eigenvalue weighted by molar-refractivity contribution is 1.13. The highest BCUT2D eigenvalue weighted by molar-refractivity contribution is 9.10. The maximum atomic E-state index is 4.40. The first kappa shape index (κ1) is 9.54. The Hall–Kier alpha value is -1.68. The normalized spacial score (nSPS) is 10.8. The monoisotopic (exact) mass is 273 g/mol. The first-order valence-electron chi connectivity index (χ1n) is 4.89. The van der Waals surface area contributed by atoms with Gasteiger partial charge in [0.2, 0.25) is 0 Å². The van der Waals surface area contributed by atoms with E-state index in [0.717, 1.165) is 21.5 Å². The Kier molecular flexibility index (Phi) is 2.22. The van der Waals surface area contributed by atoms with Crippen molar-refractivity contribution in [2.24, 2.45) is 0 Å². The SMILES string of the molecule is Brc1cccn2c(-c3ccccn3)ncc12. The molecule has 4 heteroatoms. The fraction of sp³-hybridized carbons (Fsp3) is 0. The lowest BCUT2D eigenvalue weighted by atomic mass is 10.3. The Balaban J connectivity index is 2.30. The predicted molar refractivity (Wildman–Crippen MR) is 66.1 cm³/mol. The summed E-state index contributed by atoms with van der Waals surface area (Å²) in [7, 11) is 0. The Morgan fingerprint density at radius 2 is 2.00 bits per heavy atom. The molecule has 0 unspecified atom stereocenters. The molecule has 3 aromatic rings. The van der Waals surface area contributed by atoms with E-state index in [0.29, 0.717) is 0 Å². The van der Waals surface area contributed by atoms with Crippen LogP contribution in [0.2, 0.25) is 0 Å². The van der Waals surface area contributed by atoms with Crippen LogP contribution in [0.1, 0.15) is 0 Å². The molecular weight excluding hydrogens is 266 g/mol. The highest BCUT2D eigenvalue weighted by atomic mass is 79.9. The zero-order chi connectivity index (χ0) is 11.0. The van der Waals surface area contributed by atoms with Crippen LogP contribution in [0.25, 0.3) is 17.0 Å². The van der Waals surface area contributed by atoms with Crippen molar-refractivity contribution in [3.63, 3.8) is 0 Å². The molecule has 0 saturated heterocycles. The molecule has 0 aliphatic carbocycles. The molecule has 3 aromatic heterocycles. The van der Waals surface area contributed by atoms with E-state index in [9.17, 15) is 0 Å². The van der Waals surface area contributed by atoms with Gasteiger partial charge in [0.25, 0.3) is 0 Å². The minimum Gasteiger partial charge on any atom is -0.297 e. The molecule has 0 fully saturated rings. The van der Waals surface area contributed by atoms with Gasteiger partial charge in [-0.3, -0.25) is 9.38 Å². The van der Waals surface area contributed by atoms with Crippen LogP contribution in [0.15, 0.2) is 53.4 Å². The highest BCUT2D eigenvalue weighted by Crippen LogP contribution is 2.22. The Morgan fingerprint density at radius 1 is 1.06 bits per heavy atom. The largest absolute Gasteiger partial charge is 0.297 e. The average Bonchev–Trinajstić information content (AvgIpc) is 2.75. The number of fused-ring (bicyclic) bond motifs is 1. The number of rotatable bonds is 1. The van der Waals surface area contributed by atoms with Crippen LogP contribution < -0.4 is 0 Å². The molecule has 0 bridgehead atoms. The molecule has 0 atom stereocenters. The van der Waals surface area contributed by atoms with E-state index in [4.69, 9.17) is 0 Å². The highest BCUT2D eigenvalue weighted by Gasteiger charge is 2.07. The fourth-order valence-corrected chi connectivity index (χ4v) is 2.12. The second-order valence-corrected chi connectivity index (χ2v) is 4.26. The maximum absolute atomic E-state index is 4.40. The van der Waals surface area contributed by atoms with Crippen molar-refractivity contribution in [1.82, 2.24) is 14.4 Å². The summed E-state index contributed by atoms with van der Waals surface area (Å²) in [5.41, 5.74) is 1.92. The molecule has 0 amide bonds. The van der Waals surface area contributed by atoms with Gasteiger partial charge in [0.1, 0.15) is 5.69 Å². The van der Waals surface area contributed by atoms with Gasteiger partial charge in [-0.1, -0.05) is 6.07 Å². The second-order valence-electron chi connectivity index (χ2n) is 3.41. The van der Waals surface area contributed by atoms with E-state index in [1.54, 1.807) is 6.20 Å². The third-order valence-electron chi connectivity index (χ3n) is 2.41. The van der Waals surface area contributed by atoms with Crippen molar-refractivity contribution in [3.8, 4) is 11.5 Å². The summed E-state index contributed by atoms with van der Waals surface area (Å²) in [5.74, 6) is 0.858. The summed E-state index contributed by atoms with van der Waals surface area (Å²) in [6.07, 6.45) is 5.60. The van der Waals surface area contributed by atoms with Gasteiger partial charge in [0.15, 0.2) is 5.82 Å². The molecule has 3 heterocycles. The second kappa shape index (κ2) is 3.72. The number of pyridine rings is 2. The fourth-order valence-electron chi connectivity index (χ4n) is 1.67. The van der Waals surface area contributed by atoms with E-state index in [-0.39, 0.29) is 0 Å². The first-order chi connectivity index (χ1) is 7.86. The molecule has 0 radical (unpaired) electrons. The minimum absolute atomic E-state index is 0.858. The number of aromatic nitrogens is 3. The average molecular weight is 274 g/mol. The van der Waals surface area contributed by atoms with Crippen molar-refractivity contribution in [3.05, 3.63) is 53.4 Å². The third kappa shape index (κ3) is 1.42. The topological polar surface area (TPSA) is 30.2 Å². The Labute approximate surface area is 101 Å². The first-order valence-corrected chi connectivity index (χ1v) is 5.68. The standard InChI is InChI=1S/C12H8BrN3/c13-9-4-3-7-16-11(9)8-15-12(16)10-5-1-2-6-14-10/h1-8H. The predicted octanol–water partition coefficient (Wildman–Crippen LogP) is 3.16. The summed E-state index contributed by atoms with van der Waals surface area (Å²) in [6, 6.07) is 9.79. The van der Waals surface area contributed by atoms with Crippen LogP contribution >= 0.6 is 15.9 Å². The number of hydrogen-bond acceptors (Lipinski definition) is 2. The zero-order valence-corrected chi connectivity index (χ0v) is 9.92. The van der Waals surface area contributed by atoms with Crippen LogP contribution in [0.3, 0.4) is 0 Å².